The van der Waals surface area contributed by atoms with E-state index in [1.165, 1.54) is 19.4 Å². The molecule has 0 aromatic rings. The summed E-state index contributed by atoms with van der Waals surface area (Å²) in [6.45, 7) is 12.1. The van der Waals surface area contributed by atoms with Gasteiger partial charge in [-0.2, -0.15) is 0 Å². The van der Waals surface area contributed by atoms with Gasteiger partial charge in [-0.05, 0) is 39.2 Å². The van der Waals surface area contributed by atoms with E-state index in [0.29, 0.717) is 0 Å². The monoisotopic (exact) mass is 270 g/mol. The van der Waals surface area contributed by atoms with Crippen molar-refractivity contribution in [2.45, 2.75) is 51.9 Å². The Hall–Kier alpha value is -0.160. The minimum atomic E-state index is -0.240. The molecule has 2 rings (SSSR count). The van der Waals surface area contributed by atoms with Crippen molar-refractivity contribution in [2.75, 3.05) is 39.3 Å². The third-order valence-electron chi connectivity index (χ3n) is 4.09. The summed E-state index contributed by atoms with van der Waals surface area (Å²) in [6, 6.07) is 0. The molecule has 1 heterocycles. The van der Waals surface area contributed by atoms with Crippen LogP contribution in [-0.2, 0) is 4.74 Å². The van der Waals surface area contributed by atoms with Gasteiger partial charge in [0.25, 0.3) is 0 Å². The molecule has 3 atom stereocenters. The summed E-state index contributed by atoms with van der Waals surface area (Å²) in [5.41, 5.74) is 0. The van der Waals surface area contributed by atoms with Crippen LogP contribution in [0.25, 0.3) is 0 Å². The smallest absolute Gasteiger partial charge is 0.0793 e. The number of morpholine rings is 1. The van der Waals surface area contributed by atoms with E-state index >= 15 is 0 Å². The van der Waals surface area contributed by atoms with Crippen LogP contribution < -0.4 is 0 Å². The highest BCUT2D eigenvalue weighted by molar-refractivity contribution is 4.80. The fourth-order valence-corrected chi connectivity index (χ4v) is 3.09. The maximum Gasteiger partial charge on any atom is 0.0793 e. The number of likely N-dealkylation sites (N-methyl/N-ethyl adjacent to an activating group) is 1. The second kappa shape index (κ2) is 7.02. The predicted molar refractivity (Wildman–Crippen MR) is 77.3 cm³/mol. The Labute approximate surface area is 117 Å². The van der Waals surface area contributed by atoms with Gasteiger partial charge in [0.2, 0.25) is 0 Å². The normalized spacial score (nSPS) is 30.8. The second-order valence-electron chi connectivity index (χ2n) is 6.43. The van der Waals surface area contributed by atoms with Gasteiger partial charge in [0, 0.05) is 32.7 Å². The molecule has 2 fully saturated rings. The first kappa shape index (κ1) is 15.2. The Kier molecular flexibility index (Phi) is 5.63. The molecule has 1 aliphatic carbocycles. The number of aliphatic hydroxyl groups excluding tert-OH is 1. The Morgan fingerprint density at radius 1 is 1.26 bits per heavy atom. The summed E-state index contributed by atoms with van der Waals surface area (Å²) in [4.78, 5) is 4.74. The van der Waals surface area contributed by atoms with E-state index in [1.54, 1.807) is 0 Å². The minimum absolute atomic E-state index is 0.240. The Morgan fingerprint density at radius 2 is 1.89 bits per heavy atom. The summed E-state index contributed by atoms with van der Waals surface area (Å²) in [6.07, 6.45) is 3.08. The van der Waals surface area contributed by atoms with Crippen LogP contribution in [0, 0.1) is 5.92 Å². The average Bonchev–Trinajstić information content (AvgIpc) is 3.10. The van der Waals surface area contributed by atoms with E-state index in [1.807, 2.05) is 0 Å². The van der Waals surface area contributed by atoms with E-state index < -0.39 is 0 Å². The first-order valence-electron chi connectivity index (χ1n) is 7.85. The SMILES string of the molecule is CCN(CC(O)CN1CC(C)OC(C)C1)CC1CC1. The van der Waals surface area contributed by atoms with Gasteiger partial charge >= 0.3 is 0 Å². The Balaban J connectivity index is 1.71. The molecule has 4 heteroatoms. The van der Waals surface area contributed by atoms with Gasteiger partial charge in [0.1, 0.15) is 0 Å². The van der Waals surface area contributed by atoms with Crippen LogP contribution in [0.15, 0.2) is 0 Å². The number of hydrogen-bond donors (Lipinski definition) is 1. The molecule has 0 bridgehead atoms. The molecule has 112 valence electrons. The lowest BCUT2D eigenvalue weighted by molar-refractivity contribution is -0.0779. The lowest BCUT2D eigenvalue weighted by atomic mass is 10.2. The molecule has 0 spiro atoms. The highest BCUT2D eigenvalue weighted by atomic mass is 16.5. The summed E-state index contributed by atoms with van der Waals surface area (Å²) >= 11 is 0. The van der Waals surface area contributed by atoms with Crippen molar-refractivity contribution in [2.24, 2.45) is 5.92 Å². The molecule has 3 unspecified atom stereocenters. The van der Waals surface area contributed by atoms with Gasteiger partial charge < -0.3 is 14.7 Å². The van der Waals surface area contributed by atoms with Crippen molar-refractivity contribution in [1.29, 1.82) is 0 Å². The largest absolute Gasteiger partial charge is 0.390 e. The summed E-state index contributed by atoms with van der Waals surface area (Å²) in [5, 5.41) is 10.3. The highest BCUT2D eigenvalue weighted by Gasteiger charge is 2.27. The molecule has 1 N–H and O–H groups in total. The quantitative estimate of drug-likeness (QED) is 0.754. The number of aliphatic hydroxyl groups is 1. The average molecular weight is 270 g/mol. The predicted octanol–water partition coefficient (Wildman–Crippen LogP) is 1.19. The van der Waals surface area contributed by atoms with Gasteiger partial charge in [-0.1, -0.05) is 6.92 Å². The number of hydrogen-bond acceptors (Lipinski definition) is 4. The van der Waals surface area contributed by atoms with Crippen LogP contribution in [0.1, 0.15) is 33.6 Å². The van der Waals surface area contributed by atoms with Gasteiger partial charge in [-0.15, -0.1) is 0 Å². The fourth-order valence-electron chi connectivity index (χ4n) is 3.09. The van der Waals surface area contributed by atoms with Crippen molar-refractivity contribution >= 4 is 0 Å². The van der Waals surface area contributed by atoms with E-state index in [2.05, 4.69) is 30.6 Å². The molecular weight excluding hydrogens is 240 g/mol. The zero-order chi connectivity index (χ0) is 13.8. The summed E-state index contributed by atoms with van der Waals surface area (Å²) in [7, 11) is 0. The van der Waals surface area contributed by atoms with E-state index in [-0.39, 0.29) is 18.3 Å². The standard InChI is InChI=1S/C15H30N2O2/c1-4-16(9-14-5-6-14)10-15(18)11-17-7-12(2)19-13(3)8-17/h12-15,18H,4-11H2,1-3H3. The van der Waals surface area contributed by atoms with E-state index in [0.717, 1.165) is 38.6 Å². The molecule has 0 radical (unpaired) electrons. The zero-order valence-corrected chi connectivity index (χ0v) is 12.7. The van der Waals surface area contributed by atoms with Crippen LogP contribution in [0.3, 0.4) is 0 Å². The second-order valence-corrected chi connectivity index (χ2v) is 6.43. The molecule has 1 aliphatic heterocycles. The van der Waals surface area contributed by atoms with E-state index in [4.69, 9.17) is 4.74 Å². The highest BCUT2D eigenvalue weighted by Crippen LogP contribution is 2.29. The van der Waals surface area contributed by atoms with Crippen molar-refractivity contribution < 1.29 is 9.84 Å². The molecule has 2 aliphatic rings. The number of ether oxygens (including phenoxy) is 1. The van der Waals surface area contributed by atoms with Gasteiger partial charge in [-0.3, -0.25) is 4.90 Å². The third-order valence-corrected chi connectivity index (χ3v) is 4.09. The van der Waals surface area contributed by atoms with Crippen molar-refractivity contribution in [3.8, 4) is 0 Å². The first-order chi connectivity index (χ1) is 9.06. The molecule has 0 aromatic carbocycles. The number of nitrogens with zero attached hydrogens (tertiary/aromatic N) is 2. The van der Waals surface area contributed by atoms with Crippen LogP contribution in [0.4, 0.5) is 0 Å². The lowest BCUT2D eigenvalue weighted by Gasteiger charge is -2.37. The summed E-state index contributed by atoms with van der Waals surface area (Å²) < 4.78 is 5.73. The van der Waals surface area contributed by atoms with Crippen LogP contribution in [-0.4, -0.2) is 72.5 Å². The van der Waals surface area contributed by atoms with Crippen molar-refractivity contribution in [3.63, 3.8) is 0 Å². The van der Waals surface area contributed by atoms with Crippen molar-refractivity contribution in [1.82, 2.24) is 9.80 Å². The maximum atomic E-state index is 10.3. The van der Waals surface area contributed by atoms with Gasteiger partial charge in [0.05, 0.1) is 18.3 Å². The number of β-amino-alcohol motifs (C(OH)–C–C–N with tert-alkyl or cyclic N) is 1. The van der Waals surface area contributed by atoms with Crippen LogP contribution in [0.5, 0.6) is 0 Å². The summed E-state index contributed by atoms with van der Waals surface area (Å²) in [5.74, 6) is 0.899. The van der Waals surface area contributed by atoms with Crippen LogP contribution >= 0.6 is 0 Å². The first-order valence-corrected chi connectivity index (χ1v) is 7.85. The minimum Gasteiger partial charge on any atom is -0.390 e. The number of rotatable bonds is 7. The van der Waals surface area contributed by atoms with Gasteiger partial charge in [-0.25, -0.2) is 0 Å². The van der Waals surface area contributed by atoms with Crippen molar-refractivity contribution in [3.05, 3.63) is 0 Å². The topological polar surface area (TPSA) is 35.9 Å². The Bertz CT molecular complexity index is 261. The Morgan fingerprint density at radius 3 is 2.42 bits per heavy atom. The molecule has 0 amide bonds. The third kappa shape index (κ3) is 5.38. The lowest BCUT2D eigenvalue weighted by Crippen LogP contribution is -2.49. The molecular formula is C15H30N2O2. The molecule has 0 aromatic heterocycles. The molecule has 1 saturated heterocycles. The molecule has 4 nitrogen and oxygen atoms in total. The van der Waals surface area contributed by atoms with E-state index in [9.17, 15) is 5.11 Å². The zero-order valence-electron chi connectivity index (χ0n) is 12.7. The molecule has 19 heavy (non-hydrogen) atoms. The fraction of sp³-hybridized carbons (Fsp3) is 1.00. The van der Waals surface area contributed by atoms with Crippen LogP contribution in [0.2, 0.25) is 0 Å². The maximum absolute atomic E-state index is 10.3. The van der Waals surface area contributed by atoms with Gasteiger partial charge in [0.15, 0.2) is 0 Å². The molecule has 1 saturated carbocycles.